The zero-order valence-corrected chi connectivity index (χ0v) is 15.8. The summed E-state index contributed by atoms with van der Waals surface area (Å²) in [7, 11) is 0. The van der Waals surface area contributed by atoms with Gasteiger partial charge in [-0.3, -0.25) is 5.43 Å². The first kappa shape index (κ1) is 18.8. The van der Waals surface area contributed by atoms with Crippen LogP contribution in [0.15, 0.2) is 63.9 Å². The molecular weight excluding hydrogens is 407 g/mol. The zero-order chi connectivity index (χ0) is 19.2. The predicted molar refractivity (Wildman–Crippen MR) is 107 cm³/mol. The number of anilines is 1. The number of aromatic nitrogens is 1. The number of nitrogens with one attached hydrogen (secondary N) is 1. The van der Waals surface area contributed by atoms with Gasteiger partial charge in [-0.1, -0.05) is 46.7 Å². The number of azo groups is 1. The lowest BCUT2D eigenvalue weighted by Crippen LogP contribution is -2.01. The molecule has 3 aromatic rings. The van der Waals surface area contributed by atoms with E-state index in [4.69, 9.17) is 23.2 Å². The van der Waals surface area contributed by atoms with E-state index in [9.17, 15) is 10.4 Å². The van der Waals surface area contributed by atoms with Crippen LogP contribution < -0.4 is 5.43 Å². The monoisotopic (exact) mass is 416 g/mol. The molecule has 0 amide bonds. The highest BCUT2D eigenvalue weighted by Crippen LogP contribution is 2.35. The summed E-state index contributed by atoms with van der Waals surface area (Å²) in [6.45, 7) is 0. The van der Waals surface area contributed by atoms with Gasteiger partial charge in [-0.15, -0.1) is 10.2 Å². The average molecular weight is 417 g/mol. The molecule has 0 aliphatic heterocycles. The third-order valence-corrected chi connectivity index (χ3v) is 4.49. The van der Waals surface area contributed by atoms with Crippen LogP contribution in [0.5, 0.6) is 5.88 Å². The van der Waals surface area contributed by atoms with Crippen LogP contribution in [0.1, 0.15) is 5.01 Å². The maximum absolute atomic E-state index is 9.95. The molecule has 10 heteroatoms. The van der Waals surface area contributed by atoms with Crippen molar-refractivity contribution in [3.05, 3.63) is 63.6 Å². The van der Waals surface area contributed by atoms with Gasteiger partial charge >= 0.3 is 0 Å². The fourth-order valence-corrected chi connectivity index (χ4v) is 3.01. The number of hydrogen-bond donors (Lipinski definition) is 2. The SMILES string of the molecule is N#CC(=NNc1cccc(Cl)c1)c1nc(O)c(N=Nc2cccc(Cl)c2)s1. The molecule has 0 aliphatic carbocycles. The number of thiazole rings is 1. The minimum Gasteiger partial charge on any atom is -0.491 e. The van der Waals surface area contributed by atoms with Gasteiger partial charge < -0.3 is 5.11 Å². The van der Waals surface area contributed by atoms with Crippen molar-refractivity contribution < 1.29 is 5.11 Å². The van der Waals surface area contributed by atoms with Crippen LogP contribution in [0.25, 0.3) is 0 Å². The molecule has 0 bridgehead atoms. The standard InChI is InChI=1S/C17H10Cl2N6OS/c18-10-3-1-5-12(7-10)22-24-14(9-20)16-21-15(26)17(27-16)25-23-13-6-2-4-11(19)8-13/h1-8,22,26H. The molecule has 0 atom stereocenters. The minimum absolute atomic E-state index is 0.0144. The van der Waals surface area contributed by atoms with Crippen molar-refractivity contribution in [1.29, 1.82) is 5.26 Å². The summed E-state index contributed by atoms with van der Waals surface area (Å²) in [4.78, 5) is 3.92. The summed E-state index contributed by atoms with van der Waals surface area (Å²) in [5.74, 6) is -0.341. The second kappa shape index (κ2) is 8.60. The van der Waals surface area contributed by atoms with E-state index in [1.165, 1.54) is 0 Å². The molecule has 3 rings (SSSR count). The van der Waals surface area contributed by atoms with Gasteiger partial charge in [-0.2, -0.15) is 15.3 Å². The molecule has 1 heterocycles. The molecule has 2 N–H and O–H groups in total. The molecule has 0 spiro atoms. The summed E-state index contributed by atoms with van der Waals surface area (Å²) < 4.78 is 0. The quantitative estimate of drug-likeness (QED) is 0.306. The van der Waals surface area contributed by atoms with Crippen molar-refractivity contribution in [2.24, 2.45) is 15.3 Å². The van der Waals surface area contributed by atoms with Crippen molar-refractivity contribution in [3.63, 3.8) is 0 Å². The van der Waals surface area contributed by atoms with E-state index in [0.717, 1.165) is 11.3 Å². The fourth-order valence-electron chi connectivity index (χ4n) is 1.91. The number of hydrogen-bond acceptors (Lipinski definition) is 8. The van der Waals surface area contributed by atoms with Gasteiger partial charge in [-0.25, -0.2) is 0 Å². The van der Waals surface area contributed by atoms with E-state index in [2.05, 4.69) is 25.7 Å². The van der Waals surface area contributed by atoms with Crippen LogP contribution >= 0.6 is 34.5 Å². The largest absolute Gasteiger partial charge is 0.491 e. The highest BCUT2D eigenvalue weighted by molar-refractivity contribution is 7.17. The first-order valence-corrected chi connectivity index (χ1v) is 8.99. The van der Waals surface area contributed by atoms with Crippen LogP contribution in [0.4, 0.5) is 16.4 Å². The van der Waals surface area contributed by atoms with Crippen molar-refractivity contribution in [2.45, 2.75) is 0 Å². The van der Waals surface area contributed by atoms with Gasteiger partial charge in [0.05, 0.1) is 11.4 Å². The Balaban J connectivity index is 1.81. The second-order valence-corrected chi connectivity index (χ2v) is 6.87. The molecule has 0 radical (unpaired) electrons. The molecule has 7 nitrogen and oxygen atoms in total. The van der Waals surface area contributed by atoms with E-state index in [-0.39, 0.29) is 21.6 Å². The maximum atomic E-state index is 9.95. The molecule has 134 valence electrons. The smallest absolute Gasteiger partial charge is 0.251 e. The van der Waals surface area contributed by atoms with Crippen LogP contribution in [-0.4, -0.2) is 15.8 Å². The van der Waals surface area contributed by atoms with Crippen molar-refractivity contribution in [1.82, 2.24) is 4.98 Å². The summed E-state index contributed by atoms with van der Waals surface area (Å²) in [6.07, 6.45) is 0. The Morgan fingerprint density at radius 3 is 2.56 bits per heavy atom. The number of rotatable bonds is 5. The first-order chi connectivity index (χ1) is 13.0. The number of hydrazone groups is 1. The topological polar surface area (TPSA) is 106 Å². The summed E-state index contributed by atoms with van der Waals surface area (Å²) in [5.41, 5.74) is 3.84. The van der Waals surface area contributed by atoms with Gasteiger partial charge in [-0.05, 0) is 36.4 Å². The molecule has 0 unspecified atom stereocenters. The first-order valence-electron chi connectivity index (χ1n) is 7.42. The van der Waals surface area contributed by atoms with Crippen molar-refractivity contribution >= 4 is 56.6 Å². The van der Waals surface area contributed by atoms with Gasteiger partial charge in [0.15, 0.2) is 10.7 Å². The number of aromatic hydroxyl groups is 1. The second-order valence-electron chi connectivity index (χ2n) is 5.02. The molecule has 0 saturated carbocycles. The van der Waals surface area contributed by atoms with E-state index < -0.39 is 0 Å². The Morgan fingerprint density at radius 2 is 1.85 bits per heavy atom. The number of halogens is 2. The lowest BCUT2D eigenvalue weighted by Gasteiger charge is -2.00. The van der Waals surface area contributed by atoms with E-state index in [0.29, 0.717) is 21.4 Å². The van der Waals surface area contributed by atoms with Crippen molar-refractivity contribution in [3.8, 4) is 11.9 Å². The summed E-state index contributed by atoms with van der Waals surface area (Å²) >= 11 is 12.8. The number of nitriles is 1. The summed E-state index contributed by atoms with van der Waals surface area (Å²) in [5, 5.41) is 32.6. The molecule has 2 aromatic carbocycles. The molecule has 0 fully saturated rings. The zero-order valence-electron chi connectivity index (χ0n) is 13.5. The Kier molecular flexibility index (Phi) is 5.98. The highest BCUT2D eigenvalue weighted by Gasteiger charge is 2.15. The Hall–Kier alpha value is -2.99. The van der Waals surface area contributed by atoms with Crippen molar-refractivity contribution in [2.75, 3.05) is 5.43 Å². The van der Waals surface area contributed by atoms with Crippen LogP contribution in [0.2, 0.25) is 10.0 Å². The third kappa shape index (κ3) is 5.01. The Morgan fingerprint density at radius 1 is 1.11 bits per heavy atom. The fraction of sp³-hybridized carbons (Fsp3) is 0. The van der Waals surface area contributed by atoms with Crippen LogP contribution in [0.3, 0.4) is 0 Å². The third-order valence-electron chi connectivity index (χ3n) is 3.09. The highest BCUT2D eigenvalue weighted by atomic mass is 35.5. The minimum atomic E-state index is -0.341. The van der Waals surface area contributed by atoms with Gasteiger partial charge in [0.1, 0.15) is 6.07 Å². The Labute approximate surface area is 168 Å². The van der Waals surface area contributed by atoms with E-state index >= 15 is 0 Å². The lowest BCUT2D eigenvalue weighted by atomic mass is 10.3. The predicted octanol–water partition coefficient (Wildman–Crippen LogP) is 5.91. The summed E-state index contributed by atoms with van der Waals surface area (Å²) in [6, 6.07) is 15.6. The number of benzene rings is 2. The molecule has 1 aromatic heterocycles. The van der Waals surface area contributed by atoms with E-state index in [1.54, 1.807) is 48.5 Å². The molecular formula is C17H10Cl2N6OS. The molecule has 0 saturated heterocycles. The Bertz CT molecular complexity index is 1070. The number of nitrogens with zero attached hydrogens (tertiary/aromatic N) is 5. The van der Waals surface area contributed by atoms with Gasteiger partial charge in [0.25, 0.3) is 5.88 Å². The van der Waals surface area contributed by atoms with Gasteiger partial charge in [0, 0.05) is 10.0 Å². The van der Waals surface area contributed by atoms with Crippen LogP contribution in [0, 0.1) is 11.3 Å². The average Bonchev–Trinajstić information content (AvgIpc) is 3.01. The lowest BCUT2D eigenvalue weighted by molar-refractivity contribution is 0.458. The van der Waals surface area contributed by atoms with Gasteiger partial charge in [0.2, 0.25) is 5.00 Å². The maximum Gasteiger partial charge on any atom is 0.251 e. The van der Waals surface area contributed by atoms with Crippen LogP contribution in [-0.2, 0) is 0 Å². The van der Waals surface area contributed by atoms with E-state index in [1.807, 2.05) is 6.07 Å². The normalized spacial score (nSPS) is 11.5. The molecule has 27 heavy (non-hydrogen) atoms. The molecule has 0 aliphatic rings.